The molecule has 2 rings (SSSR count). The van der Waals surface area contributed by atoms with Gasteiger partial charge in [-0.05, 0) is 46.4 Å². The van der Waals surface area contributed by atoms with Crippen LogP contribution in [0.2, 0.25) is 0 Å². The SMILES string of the molecule is Cc1ccc(C(C)N2CC(C)N(C)C(C)C2)c(O)c1. The number of hydrogen-bond donors (Lipinski definition) is 1. The minimum atomic E-state index is 0.263. The van der Waals surface area contributed by atoms with E-state index in [0.29, 0.717) is 17.8 Å². The molecule has 3 nitrogen and oxygen atoms in total. The van der Waals surface area contributed by atoms with Gasteiger partial charge in [0.15, 0.2) is 0 Å². The van der Waals surface area contributed by atoms with Crippen LogP contribution in [0.25, 0.3) is 0 Å². The molecule has 3 heteroatoms. The van der Waals surface area contributed by atoms with Gasteiger partial charge in [0.2, 0.25) is 0 Å². The van der Waals surface area contributed by atoms with Crippen LogP contribution in [0.1, 0.15) is 37.9 Å². The first-order valence-corrected chi connectivity index (χ1v) is 7.15. The summed E-state index contributed by atoms with van der Waals surface area (Å²) in [5.41, 5.74) is 2.14. The zero-order valence-corrected chi connectivity index (χ0v) is 12.7. The average molecular weight is 262 g/mol. The van der Waals surface area contributed by atoms with Gasteiger partial charge in [0, 0.05) is 36.8 Å². The van der Waals surface area contributed by atoms with Crippen LogP contribution >= 0.6 is 0 Å². The largest absolute Gasteiger partial charge is 0.508 e. The summed E-state index contributed by atoms with van der Waals surface area (Å²) in [7, 11) is 2.20. The molecule has 1 aliphatic heterocycles. The molecular formula is C16H26N2O. The minimum absolute atomic E-state index is 0.263. The highest BCUT2D eigenvalue weighted by Crippen LogP contribution is 2.31. The molecule has 1 fully saturated rings. The van der Waals surface area contributed by atoms with Crippen LogP contribution < -0.4 is 0 Å². The maximum absolute atomic E-state index is 10.1. The Balaban J connectivity index is 2.17. The van der Waals surface area contributed by atoms with Crippen LogP contribution in [0.5, 0.6) is 5.75 Å². The van der Waals surface area contributed by atoms with E-state index in [1.54, 1.807) is 0 Å². The fourth-order valence-electron chi connectivity index (χ4n) is 2.97. The third kappa shape index (κ3) is 2.93. The molecule has 1 aromatic rings. The number of benzene rings is 1. The molecule has 0 bridgehead atoms. The highest BCUT2D eigenvalue weighted by atomic mass is 16.3. The predicted molar refractivity (Wildman–Crippen MR) is 79.5 cm³/mol. The zero-order chi connectivity index (χ0) is 14.2. The van der Waals surface area contributed by atoms with Gasteiger partial charge in [-0.3, -0.25) is 9.80 Å². The second kappa shape index (κ2) is 5.51. The Morgan fingerprint density at radius 1 is 1.21 bits per heavy atom. The van der Waals surface area contributed by atoms with E-state index >= 15 is 0 Å². The van der Waals surface area contributed by atoms with Gasteiger partial charge in [0.1, 0.15) is 5.75 Å². The Bertz CT molecular complexity index is 434. The van der Waals surface area contributed by atoms with E-state index in [1.807, 2.05) is 13.0 Å². The summed E-state index contributed by atoms with van der Waals surface area (Å²) >= 11 is 0. The van der Waals surface area contributed by atoms with Gasteiger partial charge in [0.25, 0.3) is 0 Å². The van der Waals surface area contributed by atoms with Gasteiger partial charge >= 0.3 is 0 Å². The number of aromatic hydroxyl groups is 1. The molecule has 0 aliphatic carbocycles. The molecule has 0 radical (unpaired) electrons. The molecule has 19 heavy (non-hydrogen) atoms. The Labute approximate surface area is 116 Å². The van der Waals surface area contributed by atoms with Crippen molar-refractivity contribution < 1.29 is 5.11 Å². The first kappa shape index (κ1) is 14.4. The fraction of sp³-hybridized carbons (Fsp3) is 0.625. The monoisotopic (exact) mass is 262 g/mol. The van der Waals surface area contributed by atoms with Crippen molar-refractivity contribution >= 4 is 0 Å². The van der Waals surface area contributed by atoms with E-state index in [-0.39, 0.29) is 6.04 Å². The third-order valence-electron chi connectivity index (χ3n) is 4.57. The summed E-state index contributed by atoms with van der Waals surface area (Å²) in [6, 6.07) is 7.36. The number of likely N-dealkylation sites (N-methyl/N-ethyl adjacent to an activating group) is 1. The lowest BCUT2D eigenvalue weighted by atomic mass is 10.0. The zero-order valence-electron chi connectivity index (χ0n) is 12.7. The number of piperazine rings is 1. The van der Waals surface area contributed by atoms with Gasteiger partial charge < -0.3 is 5.11 Å². The molecule has 106 valence electrons. The highest BCUT2D eigenvalue weighted by Gasteiger charge is 2.30. The molecule has 1 saturated heterocycles. The summed E-state index contributed by atoms with van der Waals surface area (Å²) in [6.07, 6.45) is 0. The van der Waals surface area contributed by atoms with Crippen molar-refractivity contribution in [3.63, 3.8) is 0 Å². The summed E-state index contributed by atoms with van der Waals surface area (Å²) in [5, 5.41) is 10.1. The number of hydrogen-bond acceptors (Lipinski definition) is 3. The highest BCUT2D eigenvalue weighted by molar-refractivity contribution is 5.37. The van der Waals surface area contributed by atoms with Crippen LogP contribution in [-0.2, 0) is 0 Å². The van der Waals surface area contributed by atoms with E-state index in [2.05, 4.69) is 49.8 Å². The third-order valence-corrected chi connectivity index (χ3v) is 4.57. The predicted octanol–water partition coefficient (Wildman–Crippen LogP) is 2.79. The molecule has 0 aromatic heterocycles. The lowest BCUT2D eigenvalue weighted by Crippen LogP contribution is -2.55. The van der Waals surface area contributed by atoms with Crippen molar-refractivity contribution in [2.45, 2.75) is 45.8 Å². The summed E-state index contributed by atoms with van der Waals surface area (Å²) in [6.45, 7) is 10.8. The van der Waals surface area contributed by atoms with Crippen molar-refractivity contribution in [3.8, 4) is 5.75 Å². The maximum atomic E-state index is 10.1. The molecule has 3 atom stereocenters. The van der Waals surface area contributed by atoms with E-state index in [9.17, 15) is 5.11 Å². The Morgan fingerprint density at radius 2 is 1.79 bits per heavy atom. The van der Waals surface area contributed by atoms with Gasteiger partial charge in [-0.1, -0.05) is 12.1 Å². The molecule has 1 N–H and O–H groups in total. The van der Waals surface area contributed by atoms with Crippen LogP contribution in [-0.4, -0.2) is 47.1 Å². The van der Waals surface area contributed by atoms with E-state index < -0.39 is 0 Å². The molecule has 1 heterocycles. The van der Waals surface area contributed by atoms with Crippen LogP contribution in [0.3, 0.4) is 0 Å². The van der Waals surface area contributed by atoms with Crippen molar-refractivity contribution in [1.29, 1.82) is 0 Å². The second-order valence-electron chi connectivity index (χ2n) is 6.06. The number of nitrogens with zero attached hydrogens (tertiary/aromatic N) is 2. The Hall–Kier alpha value is -1.06. The minimum Gasteiger partial charge on any atom is -0.508 e. The first-order valence-electron chi connectivity index (χ1n) is 7.15. The quantitative estimate of drug-likeness (QED) is 0.888. The smallest absolute Gasteiger partial charge is 0.120 e. The van der Waals surface area contributed by atoms with Crippen molar-refractivity contribution in [1.82, 2.24) is 9.80 Å². The van der Waals surface area contributed by atoms with Crippen molar-refractivity contribution in [2.24, 2.45) is 0 Å². The molecule has 0 spiro atoms. The lowest BCUT2D eigenvalue weighted by Gasteiger charge is -2.45. The maximum Gasteiger partial charge on any atom is 0.120 e. The Morgan fingerprint density at radius 3 is 2.32 bits per heavy atom. The van der Waals surface area contributed by atoms with Gasteiger partial charge in [-0.2, -0.15) is 0 Å². The van der Waals surface area contributed by atoms with Crippen LogP contribution in [0.4, 0.5) is 0 Å². The van der Waals surface area contributed by atoms with Gasteiger partial charge in [0.05, 0.1) is 0 Å². The molecular weight excluding hydrogens is 236 g/mol. The number of phenolic OH excluding ortho intramolecular Hbond substituents is 1. The number of phenols is 1. The summed E-state index contributed by atoms with van der Waals surface area (Å²) < 4.78 is 0. The number of rotatable bonds is 2. The van der Waals surface area contributed by atoms with Crippen molar-refractivity contribution in [3.05, 3.63) is 29.3 Å². The van der Waals surface area contributed by atoms with E-state index in [1.165, 1.54) is 0 Å². The van der Waals surface area contributed by atoms with Gasteiger partial charge in [-0.25, -0.2) is 0 Å². The van der Waals surface area contributed by atoms with Crippen LogP contribution in [0, 0.1) is 6.92 Å². The standard InChI is InChI=1S/C16H26N2O/c1-11-6-7-15(16(19)8-11)14(4)18-9-12(2)17(5)13(3)10-18/h6-8,12-14,19H,9-10H2,1-5H3. The van der Waals surface area contributed by atoms with Crippen molar-refractivity contribution in [2.75, 3.05) is 20.1 Å². The molecule has 1 aliphatic rings. The molecule has 0 saturated carbocycles. The summed E-state index contributed by atoms with van der Waals surface area (Å²) in [4.78, 5) is 4.90. The molecule has 0 amide bonds. The van der Waals surface area contributed by atoms with Crippen LogP contribution in [0.15, 0.2) is 18.2 Å². The summed E-state index contributed by atoms with van der Waals surface area (Å²) in [5.74, 6) is 0.423. The van der Waals surface area contributed by atoms with E-state index in [4.69, 9.17) is 0 Å². The average Bonchev–Trinajstić information content (AvgIpc) is 2.34. The van der Waals surface area contributed by atoms with Gasteiger partial charge in [-0.15, -0.1) is 0 Å². The van der Waals surface area contributed by atoms with E-state index in [0.717, 1.165) is 24.2 Å². The molecule has 1 aromatic carbocycles. The normalized spacial score (nSPS) is 27.4. The number of aryl methyl sites for hydroxylation is 1. The first-order chi connectivity index (χ1) is 8.90. The topological polar surface area (TPSA) is 26.7 Å². The molecule has 3 unspecified atom stereocenters. The fourth-order valence-corrected chi connectivity index (χ4v) is 2.97. The Kier molecular flexibility index (Phi) is 4.16. The lowest BCUT2D eigenvalue weighted by molar-refractivity contribution is 0.0371. The second-order valence-corrected chi connectivity index (χ2v) is 6.06.